The van der Waals surface area contributed by atoms with E-state index in [1.807, 2.05) is 4.90 Å². The summed E-state index contributed by atoms with van der Waals surface area (Å²) in [5, 5.41) is 5.71. The lowest BCUT2D eigenvalue weighted by Gasteiger charge is -2.16. The number of hydrogen-bond donors (Lipinski definition) is 2. The maximum absolute atomic E-state index is 12.7. The van der Waals surface area contributed by atoms with Gasteiger partial charge >= 0.3 is 0 Å². The molecule has 0 saturated carbocycles. The highest BCUT2D eigenvalue weighted by Crippen LogP contribution is 2.24. The van der Waals surface area contributed by atoms with E-state index in [1.54, 1.807) is 6.07 Å². The van der Waals surface area contributed by atoms with Crippen LogP contribution in [0.25, 0.3) is 0 Å². The molecule has 1 aromatic heterocycles. The topological polar surface area (TPSA) is 87.2 Å². The van der Waals surface area contributed by atoms with Crippen LogP contribution in [-0.2, 0) is 0 Å². The highest BCUT2D eigenvalue weighted by atomic mass is 35.5. The molecule has 0 radical (unpaired) electrons. The number of halogens is 2. The van der Waals surface area contributed by atoms with Gasteiger partial charge in [-0.05, 0) is 31.0 Å². The summed E-state index contributed by atoms with van der Waals surface area (Å²) in [4.78, 5) is 35.2. The number of rotatable bonds is 4. The second-order valence-electron chi connectivity index (χ2n) is 5.78. The Morgan fingerprint density at radius 1 is 1.15 bits per heavy atom. The van der Waals surface area contributed by atoms with Gasteiger partial charge in [-0.3, -0.25) is 9.59 Å². The summed E-state index contributed by atoms with van der Waals surface area (Å²) >= 11 is 12.1. The van der Waals surface area contributed by atoms with Gasteiger partial charge in [0.05, 0.1) is 22.5 Å². The maximum Gasteiger partial charge on any atom is 0.276 e. The largest absolute Gasteiger partial charge is 0.355 e. The highest BCUT2D eigenvalue weighted by Gasteiger charge is 2.21. The van der Waals surface area contributed by atoms with Crippen LogP contribution in [-0.4, -0.2) is 41.9 Å². The fourth-order valence-electron chi connectivity index (χ4n) is 2.72. The molecule has 0 unspecified atom stereocenters. The molecule has 1 aromatic carbocycles. The Bertz CT molecular complexity index is 853. The molecule has 0 atom stereocenters. The van der Waals surface area contributed by atoms with E-state index in [1.165, 1.54) is 25.4 Å². The van der Waals surface area contributed by atoms with Crippen molar-refractivity contribution in [2.75, 3.05) is 30.4 Å². The van der Waals surface area contributed by atoms with Crippen LogP contribution in [0, 0.1) is 0 Å². The summed E-state index contributed by atoms with van der Waals surface area (Å²) in [5.74, 6) is -0.413. The quantitative estimate of drug-likeness (QED) is 0.833. The molecule has 0 spiro atoms. The summed E-state index contributed by atoms with van der Waals surface area (Å²) in [6.45, 7) is 1.69. The van der Waals surface area contributed by atoms with Crippen LogP contribution in [0.4, 0.5) is 11.6 Å². The van der Waals surface area contributed by atoms with Crippen molar-refractivity contribution in [3.63, 3.8) is 0 Å². The van der Waals surface area contributed by atoms with Crippen molar-refractivity contribution in [2.45, 2.75) is 12.8 Å². The van der Waals surface area contributed by atoms with E-state index in [9.17, 15) is 9.59 Å². The first-order valence-electron chi connectivity index (χ1n) is 8.10. The van der Waals surface area contributed by atoms with Gasteiger partial charge in [-0.15, -0.1) is 0 Å². The molecule has 0 aliphatic carbocycles. The minimum absolute atomic E-state index is 0.0476. The molecule has 2 heterocycles. The molecule has 2 amide bonds. The molecule has 1 aliphatic heterocycles. The van der Waals surface area contributed by atoms with Gasteiger partial charge < -0.3 is 15.5 Å². The number of nitrogens with zero attached hydrogens (tertiary/aromatic N) is 3. The predicted octanol–water partition coefficient (Wildman–Crippen LogP) is 3.00. The zero-order chi connectivity index (χ0) is 18.7. The second-order valence-corrected chi connectivity index (χ2v) is 6.63. The van der Waals surface area contributed by atoms with Crippen LogP contribution in [0.5, 0.6) is 0 Å². The van der Waals surface area contributed by atoms with Crippen LogP contribution in [0.3, 0.4) is 0 Å². The SMILES string of the molecule is CNC(=O)c1ccc(Cl)cc1NC(=O)c1nc(N2CCCC2)ncc1Cl. The molecule has 1 fully saturated rings. The summed E-state index contributed by atoms with van der Waals surface area (Å²) < 4.78 is 0. The average molecular weight is 394 g/mol. The first-order chi connectivity index (χ1) is 12.5. The highest BCUT2D eigenvalue weighted by molar-refractivity contribution is 6.34. The summed E-state index contributed by atoms with van der Waals surface area (Å²) in [6.07, 6.45) is 3.53. The first-order valence-corrected chi connectivity index (χ1v) is 8.85. The molecule has 0 bridgehead atoms. The standard InChI is InChI=1S/C17H17Cl2N5O2/c1-20-15(25)11-5-4-10(18)8-13(11)22-16(26)14-12(19)9-21-17(23-14)24-6-2-3-7-24/h4-5,8-9H,2-3,6-7H2,1H3,(H,20,25)(H,22,26). The number of carbonyl (C=O) groups excluding carboxylic acids is 2. The van der Waals surface area contributed by atoms with Crippen molar-refractivity contribution >= 4 is 46.7 Å². The van der Waals surface area contributed by atoms with Gasteiger partial charge in [0.2, 0.25) is 5.95 Å². The smallest absolute Gasteiger partial charge is 0.276 e. The Balaban J connectivity index is 1.90. The van der Waals surface area contributed by atoms with Gasteiger partial charge in [0.25, 0.3) is 11.8 Å². The van der Waals surface area contributed by atoms with Gasteiger partial charge in [0.15, 0.2) is 5.69 Å². The minimum Gasteiger partial charge on any atom is -0.355 e. The molecular weight excluding hydrogens is 377 g/mol. The van der Waals surface area contributed by atoms with E-state index in [0.717, 1.165) is 25.9 Å². The number of anilines is 2. The van der Waals surface area contributed by atoms with E-state index < -0.39 is 5.91 Å². The summed E-state index contributed by atoms with van der Waals surface area (Å²) in [5.41, 5.74) is 0.612. The normalized spacial score (nSPS) is 13.6. The summed E-state index contributed by atoms with van der Waals surface area (Å²) in [7, 11) is 1.51. The Morgan fingerprint density at radius 3 is 2.58 bits per heavy atom. The average Bonchev–Trinajstić information content (AvgIpc) is 3.16. The second kappa shape index (κ2) is 7.88. The molecular formula is C17H17Cl2N5O2. The zero-order valence-corrected chi connectivity index (χ0v) is 15.6. The Morgan fingerprint density at radius 2 is 1.88 bits per heavy atom. The number of amides is 2. The lowest BCUT2D eigenvalue weighted by Crippen LogP contribution is -2.24. The predicted molar refractivity (Wildman–Crippen MR) is 101 cm³/mol. The Labute approximate surface area is 160 Å². The van der Waals surface area contributed by atoms with Gasteiger partial charge in [0, 0.05) is 25.2 Å². The number of nitrogens with one attached hydrogen (secondary N) is 2. The van der Waals surface area contributed by atoms with Crippen LogP contribution < -0.4 is 15.5 Å². The summed E-state index contributed by atoms with van der Waals surface area (Å²) in [6, 6.07) is 4.61. The van der Waals surface area contributed by atoms with Gasteiger partial charge in [-0.1, -0.05) is 23.2 Å². The van der Waals surface area contributed by atoms with Gasteiger partial charge in [-0.2, -0.15) is 0 Å². The number of aromatic nitrogens is 2. The van der Waals surface area contributed by atoms with Crippen LogP contribution in [0.15, 0.2) is 24.4 Å². The zero-order valence-electron chi connectivity index (χ0n) is 14.1. The molecule has 1 aliphatic rings. The molecule has 26 heavy (non-hydrogen) atoms. The lowest BCUT2D eigenvalue weighted by atomic mass is 10.1. The van der Waals surface area contributed by atoms with Gasteiger partial charge in [0.1, 0.15) is 0 Å². The van der Waals surface area contributed by atoms with Crippen molar-refractivity contribution in [2.24, 2.45) is 0 Å². The Hall–Kier alpha value is -2.38. The fourth-order valence-corrected chi connectivity index (χ4v) is 3.07. The van der Waals surface area contributed by atoms with Crippen LogP contribution in [0.1, 0.15) is 33.7 Å². The van der Waals surface area contributed by atoms with Gasteiger partial charge in [-0.25, -0.2) is 9.97 Å². The van der Waals surface area contributed by atoms with E-state index in [0.29, 0.717) is 11.0 Å². The molecule has 2 N–H and O–H groups in total. The third-order valence-electron chi connectivity index (χ3n) is 4.04. The number of hydrogen-bond acceptors (Lipinski definition) is 5. The fraction of sp³-hybridized carbons (Fsp3) is 0.294. The van der Waals surface area contributed by atoms with Crippen molar-refractivity contribution in [3.8, 4) is 0 Å². The Kier molecular flexibility index (Phi) is 5.58. The molecule has 9 heteroatoms. The molecule has 2 aromatic rings. The van der Waals surface area contributed by atoms with E-state index in [4.69, 9.17) is 23.2 Å². The van der Waals surface area contributed by atoms with E-state index in [2.05, 4.69) is 20.6 Å². The molecule has 1 saturated heterocycles. The minimum atomic E-state index is -0.537. The van der Waals surface area contributed by atoms with Crippen molar-refractivity contribution in [3.05, 3.63) is 45.7 Å². The molecule has 136 valence electrons. The van der Waals surface area contributed by atoms with E-state index in [-0.39, 0.29) is 27.9 Å². The van der Waals surface area contributed by atoms with Crippen LogP contribution >= 0.6 is 23.2 Å². The molecule has 7 nitrogen and oxygen atoms in total. The first kappa shape index (κ1) is 18.4. The number of benzene rings is 1. The molecule has 3 rings (SSSR count). The van der Waals surface area contributed by atoms with Crippen molar-refractivity contribution in [1.29, 1.82) is 0 Å². The van der Waals surface area contributed by atoms with Crippen molar-refractivity contribution in [1.82, 2.24) is 15.3 Å². The van der Waals surface area contributed by atoms with Crippen molar-refractivity contribution < 1.29 is 9.59 Å². The number of carbonyl (C=O) groups is 2. The lowest BCUT2D eigenvalue weighted by molar-refractivity contribution is 0.0964. The monoisotopic (exact) mass is 393 g/mol. The van der Waals surface area contributed by atoms with E-state index >= 15 is 0 Å². The third-order valence-corrected chi connectivity index (χ3v) is 4.55. The third kappa shape index (κ3) is 3.89. The van der Waals surface area contributed by atoms with Crippen LogP contribution in [0.2, 0.25) is 10.0 Å². The maximum atomic E-state index is 12.7.